The maximum Gasteiger partial charge on any atom is 0.258 e. The number of carbonyl (C=O) groups is 1. The average molecular weight is 440 g/mol. The first-order valence-corrected chi connectivity index (χ1v) is 9.07. The summed E-state index contributed by atoms with van der Waals surface area (Å²) in [4.78, 5) is 11.9. The summed E-state index contributed by atoms with van der Waals surface area (Å²) in [7, 11) is 0. The summed E-state index contributed by atoms with van der Waals surface area (Å²) >= 11 is 0. The van der Waals surface area contributed by atoms with Gasteiger partial charge in [-0.2, -0.15) is 0 Å². The maximum absolute atomic E-state index is 11.9. The van der Waals surface area contributed by atoms with Gasteiger partial charge in [0.2, 0.25) is 0 Å². The van der Waals surface area contributed by atoms with Crippen LogP contribution >= 0.6 is 24.8 Å². The zero-order valence-electron chi connectivity index (χ0n) is 17.2. The van der Waals surface area contributed by atoms with Crippen LogP contribution in [-0.2, 0) is 11.3 Å². The van der Waals surface area contributed by atoms with Crippen LogP contribution in [0, 0.1) is 0 Å². The molecule has 1 amide bonds. The third-order valence-corrected chi connectivity index (χ3v) is 3.28. The smallest absolute Gasteiger partial charge is 0.258 e. The second-order valence-electron chi connectivity index (χ2n) is 6.95. The van der Waals surface area contributed by atoms with Gasteiger partial charge in [-0.25, -0.2) is 0 Å². The summed E-state index contributed by atoms with van der Waals surface area (Å²) in [6, 6.07) is 5.71. The highest BCUT2D eigenvalue weighted by molar-refractivity contribution is 5.85. The summed E-state index contributed by atoms with van der Waals surface area (Å²) in [5.41, 5.74) is 0.784. The lowest BCUT2D eigenvalue weighted by molar-refractivity contribution is -0.124. The highest BCUT2D eigenvalue weighted by Crippen LogP contribution is 2.28. The highest BCUT2D eigenvalue weighted by atomic mass is 35.5. The number of rotatable bonds is 12. The van der Waals surface area contributed by atoms with Crippen LogP contribution in [0.4, 0.5) is 0 Å². The zero-order chi connectivity index (χ0) is 19.4. The van der Waals surface area contributed by atoms with Gasteiger partial charge in [-0.1, -0.05) is 6.07 Å². The van der Waals surface area contributed by atoms with E-state index >= 15 is 0 Å². The number of aliphatic hydroxyl groups excluding tert-OH is 1. The van der Waals surface area contributed by atoms with Crippen molar-refractivity contribution in [1.82, 2.24) is 16.0 Å². The van der Waals surface area contributed by atoms with E-state index in [-0.39, 0.29) is 49.5 Å². The summed E-state index contributed by atoms with van der Waals surface area (Å²) in [5, 5.41) is 18.0. The van der Waals surface area contributed by atoms with Crippen molar-refractivity contribution in [3.05, 3.63) is 23.8 Å². The van der Waals surface area contributed by atoms with Gasteiger partial charge >= 0.3 is 0 Å². The Morgan fingerprint density at radius 3 is 2.32 bits per heavy atom. The number of hydrogen-bond donors (Lipinski definition) is 4. The number of halogens is 2. The van der Waals surface area contributed by atoms with Gasteiger partial charge in [-0.05, 0) is 45.4 Å². The van der Waals surface area contributed by atoms with Crippen LogP contribution in [0.3, 0.4) is 0 Å². The first-order valence-electron chi connectivity index (χ1n) is 9.07. The Hall–Kier alpha value is -1.25. The molecule has 0 saturated carbocycles. The van der Waals surface area contributed by atoms with Gasteiger partial charge in [0.25, 0.3) is 5.91 Å². The monoisotopic (exact) mass is 439 g/mol. The first kappa shape index (κ1) is 29.0. The molecule has 0 atom stereocenters. The molecule has 0 unspecified atom stereocenters. The van der Waals surface area contributed by atoms with Crippen LogP contribution in [0.25, 0.3) is 0 Å². The van der Waals surface area contributed by atoms with E-state index in [1.165, 1.54) is 0 Å². The van der Waals surface area contributed by atoms with E-state index < -0.39 is 0 Å². The number of hydrogen-bond acceptors (Lipinski definition) is 6. The number of carbonyl (C=O) groups excluding carboxylic acids is 1. The fourth-order valence-electron chi connectivity index (χ4n) is 2.26. The van der Waals surface area contributed by atoms with Crippen molar-refractivity contribution >= 4 is 30.7 Å². The van der Waals surface area contributed by atoms with E-state index in [0.29, 0.717) is 31.2 Å². The Morgan fingerprint density at radius 2 is 1.71 bits per heavy atom. The molecule has 1 aromatic rings. The summed E-state index contributed by atoms with van der Waals surface area (Å²) in [6.07, 6.45) is 0. The molecule has 0 bridgehead atoms. The van der Waals surface area contributed by atoms with Crippen LogP contribution in [-0.4, -0.2) is 56.0 Å². The van der Waals surface area contributed by atoms with Crippen LogP contribution in [0.15, 0.2) is 18.2 Å². The number of amides is 1. The maximum atomic E-state index is 11.9. The van der Waals surface area contributed by atoms with Gasteiger partial charge in [-0.15, -0.1) is 24.8 Å². The Labute approximate surface area is 180 Å². The van der Waals surface area contributed by atoms with Gasteiger partial charge in [0.05, 0.1) is 13.2 Å². The second kappa shape index (κ2) is 15.6. The predicted octanol–water partition coefficient (Wildman–Crippen LogP) is 1.89. The molecule has 0 saturated heterocycles. The Morgan fingerprint density at radius 1 is 1.04 bits per heavy atom. The van der Waals surface area contributed by atoms with Crippen LogP contribution in [0.1, 0.15) is 33.3 Å². The standard InChI is InChI=1S/C19H33N3O4.2ClH/c1-5-25-17-12-15(13-21-9-8-20-10-11-23)6-7-16(17)26-14-18(24)22-19(2,3)4;;/h6-7,12,20-21,23H,5,8-11,13-14H2,1-4H3,(H,22,24);2*1H. The van der Waals surface area contributed by atoms with E-state index in [1.54, 1.807) is 0 Å². The molecule has 0 radical (unpaired) electrons. The van der Waals surface area contributed by atoms with Gasteiger partial charge in [-0.3, -0.25) is 4.79 Å². The average Bonchev–Trinajstić information content (AvgIpc) is 2.56. The fourth-order valence-corrected chi connectivity index (χ4v) is 2.26. The lowest BCUT2D eigenvalue weighted by atomic mass is 10.1. The summed E-state index contributed by atoms with van der Waals surface area (Å²) < 4.78 is 11.3. The van der Waals surface area contributed by atoms with Gasteiger partial charge < -0.3 is 30.5 Å². The molecule has 0 fully saturated rings. The topological polar surface area (TPSA) is 91.8 Å². The van der Waals surface area contributed by atoms with Crippen molar-refractivity contribution in [2.45, 2.75) is 39.8 Å². The third-order valence-electron chi connectivity index (χ3n) is 3.28. The first-order chi connectivity index (χ1) is 12.4. The minimum absolute atomic E-state index is 0. The van der Waals surface area contributed by atoms with E-state index in [9.17, 15) is 4.79 Å². The normalized spacial score (nSPS) is 10.5. The van der Waals surface area contributed by atoms with E-state index in [4.69, 9.17) is 14.6 Å². The fraction of sp³-hybridized carbons (Fsp3) is 0.632. The lowest BCUT2D eigenvalue weighted by Crippen LogP contribution is -2.43. The minimum Gasteiger partial charge on any atom is -0.490 e. The van der Waals surface area contributed by atoms with Crippen molar-refractivity contribution in [2.75, 3.05) is 39.5 Å². The molecule has 1 rings (SSSR count). The Bertz CT molecular complexity index is 554. The van der Waals surface area contributed by atoms with Crippen molar-refractivity contribution in [2.24, 2.45) is 0 Å². The van der Waals surface area contributed by atoms with Gasteiger partial charge in [0.1, 0.15) is 0 Å². The van der Waals surface area contributed by atoms with Gasteiger partial charge in [0.15, 0.2) is 18.1 Å². The third kappa shape index (κ3) is 13.0. The molecule has 164 valence electrons. The number of aliphatic hydroxyl groups is 1. The summed E-state index contributed by atoms with van der Waals surface area (Å²) in [5.74, 6) is 1.03. The van der Waals surface area contributed by atoms with Crippen molar-refractivity contribution < 1.29 is 19.4 Å². The van der Waals surface area contributed by atoms with E-state index in [2.05, 4.69) is 16.0 Å². The molecule has 1 aromatic carbocycles. The molecule has 0 aliphatic rings. The zero-order valence-corrected chi connectivity index (χ0v) is 18.8. The van der Waals surface area contributed by atoms with Crippen molar-refractivity contribution in [3.8, 4) is 11.5 Å². The minimum atomic E-state index is -0.287. The quantitative estimate of drug-likeness (QED) is 0.371. The largest absolute Gasteiger partial charge is 0.490 e. The second-order valence-corrected chi connectivity index (χ2v) is 6.95. The van der Waals surface area contributed by atoms with Crippen molar-refractivity contribution in [1.29, 1.82) is 0 Å². The summed E-state index contributed by atoms with van der Waals surface area (Å²) in [6.45, 7) is 11.2. The Kier molecular flexibility index (Phi) is 16.2. The molecule has 0 aromatic heterocycles. The Balaban J connectivity index is 0. The molecular formula is C19H35Cl2N3O4. The molecule has 0 aliphatic heterocycles. The van der Waals surface area contributed by atoms with Crippen LogP contribution in [0.2, 0.25) is 0 Å². The number of benzene rings is 1. The number of nitrogens with one attached hydrogen (secondary N) is 3. The molecule has 0 spiro atoms. The molecule has 28 heavy (non-hydrogen) atoms. The molecule has 0 aliphatic carbocycles. The van der Waals surface area contributed by atoms with Crippen LogP contribution in [0.5, 0.6) is 11.5 Å². The molecule has 7 nitrogen and oxygen atoms in total. The van der Waals surface area contributed by atoms with Gasteiger partial charge in [0, 0.05) is 31.7 Å². The van der Waals surface area contributed by atoms with Crippen LogP contribution < -0.4 is 25.4 Å². The molecule has 0 heterocycles. The van der Waals surface area contributed by atoms with E-state index in [0.717, 1.165) is 18.7 Å². The lowest BCUT2D eigenvalue weighted by Gasteiger charge is -2.21. The van der Waals surface area contributed by atoms with Crippen molar-refractivity contribution in [3.63, 3.8) is 0 Å². The molecule has 4 N–H and O–H groups in total. The number of ether oxygens (including phenoxy) is 2. The molecular weight excluding hydrogens is 405 g/mol. The van der Waals surface area contributed by atoms with E-state index in [1.807, 2.05) is 45.9 Å². The SMILES string of the molecule is CCOc1cc(CNCCNCCO)ccc1OCC(=O)NC(C)(C)C.Cl.Cl. The predicted molar refractivity (Wildman–Crippen MR) is 117 cm³/mol. The molecule has 9 heteroatoms. The highest BCUT2D eigenvalue weighted by Gasteiger charge is 2.15.